The Kier molecular flexibility index (Phi) is 5.54. The Morgan fingerprint density at radius 1 is 1.17 bits per heavy atom. The molecule has 0 radical (unpaired) electrons. The number of carbonyl (C=O) groups excluding carboxylic acids is 2. The van der Waals surface area contributed by atoms with Crippen molar-refractivity contribution >= 4 is 11.7 Å². The summed E-state index contributed by atoms with van der Waals surface area (Å²) in [6.07, 6.45) is 6.43. The minimum absolute atomic E-state index is 0.241. The summed E-state index contributed by atoms with van der Waals surface area (Å²) in [6.45, 7) is 5.90. The largest absolute Gasteiger partial charge is 0.497 e. The van der Waals surface area contributed by atoms with Gasteiger partial charge < -0.3 is 14.6 Å². The molecule has 0 aliphatic heterocycles. The molecule has 8 heteroatoms. The quantitative estimate of drug-likeness (QED) is 0.511. The Bertz CT molecular complexity index is 1010. The fourth-order valence-electron chi connectivity index (χ4n) is 2.88. The van der Waals surface area contributed by atoms with Gasteiger partial charge in [0.1, 0.15) is 17.6 Å². The zero-order valence-electron chi connectivity index (χ0n) is 17.2. The summed E-state index contributed by atoms with van der Waals surface area (Å²) in [7, 11) is 3.42. The summed E-state index contributed by atoms with van der Waals surface area (Å²) in [5.74, 6) is -0.0541. The Labute approximate surface area is 169 Å². The lowest BCUT2D eigenvalue weighted by Crippen LogP contribution is -2.36. The molecule has 8 nitrogen and oxygen atoms in total. The molecule has 3 aromatic rings. The Morgan fingerprint density at radius 3 is 2.38 bits per heavy atom. The summed E-state index contributed by atoms with van der Waals surface area (Å²) in [6, 6.07) is 6.68. The van der Waals surface area contributed by atoms with Crippen LogP contribution in [0.2, 0.25) is 0 Å². The number of aromatic nitrogens is 4. The molecule has 152 valence electrons. The van der Waals surface area contributed by atoms with Gasteiger partial charge >= 0.3 is 0 Å². The van der Waals surface area contributed by atoms with E-state index in [-0.39, 0.29) is 11.1 Å². The molecule has 1 amide bonds. The average molecular weight is 395 g/mol. The van der Waals surface area contributed by atoms with E-state index in [4.69, 9.17) is 4.74 Å². The van der Waals surface area contributed by atoms with Crippen molar-refractivity contribution in [1.82, 2.24) is 24.6 Å². The molecule has 3 rings (SSSR count). The molecule has 1 aromatic carbocycles. The highest BCUT2D eigenvalue weighted by atomic mass is 16.5. The predicted octanol–water partition coefficient (Wildman–Crippen LogP) is 2.47. The lowest BCUT2D eigenvalue weighted by atomic mass is 10.0. The summed E-state index contributed by atoms with van der Waals surface area (Å²) in [5, 5.41) is 7.01. The van der Waals surface area contributed by atoms with Crippen LogP contribution >= 0.6 is 0 Å². The van der Waals surface area contributed by atoms with E-state index < -0.39 is 17.7 Å². The van der Waals surface area contributed by atoms with Gasteiger partial charge in [-0.3, -0.25) is 14.3 Å². The summed E-state index contributed by atoms with van der Waals surface area (Å²) < 4.78 is 8.66. The van der Waals surface area contributed by atoms with E-state index in [9.17, 15) is 9.59 Å². The molecule has 29 heavy (non-hydrogen) atoms. The first kappa shape index (κ1) is 20.3. The second-order valence-electron chi connectivity index (χ2n) is 7.75. The molecule has 0 saturated carbocycles. The van der Waals surface area contributed by atoms with Crippen molar-refractivity contribution in [3.8, 4) is 5.75 Å². The summed E-state index contributed by atoms with van der Waals surface area (Å²) in [4.78, 5) is 29.8. The summed E-state index contributed by atoms with van der Waals surface area (Å²) in [5.41, 5.74) is 0.741. The van der Waals surface area contributed by atoms with Gasteiger partial charge in [-0.1, -0.05) is 12.1 Å². The number of nitrogens with one attached hydrogen (secondary N) is 1. The van der Waals surface area contributed by atoms with Gasteiger partial charge in [-0.25, -0.2) is 4.98 Å². The zero-order valence-corrected chi connectivity index (χ0v) is 17.2. The van der Waals surface area contributed by atoms with Crippen molar-refractivity contribution in [1.29, 1.82) is 0 Å². The number of ketones is 1. The van der Waals surface area contributed by atoms with Crippen molar-refractivity contribution in [2.75, 3.05) is 7.11 Å². The fraction of sp³-hybridized carbons (Fsp3) is 0.333. The molecule has 0 bridgehead atoms. The van der Waals surface area contributed by atoms with Crippen LogP contribution in [0.1, 0.15) is 48.6 Å². The lowest BCUT2D eigenvalue weighted by Gasteiger charge is -2.19. The zero-order chi connectivity index (χ0) is 21.2. The minimum atomic E-state index is -0.720. The predicted molar refractivity (Wildman–Crippen MR) is 108 cm³/mol. The van der Waals surface area contributed by atoms with Crippen LogP contribution in [0, 0.1) is 0 Å². The average Bonchev–Trinajstić information content (AvgIpc) is 3.34. The van der Waals surface area contributed by atoms with Gasteiger partial charge in [-0.05, 0) is 38.5 Å². The Balaban J connectivity index is 1.87. The molecule has 1 atom stereocenters. The molecule has 0 spiro atoms. The van der Waals surface area contributed by atoms with Crippen LogP contribution in [0.4, 0.5) is 0 Å². The first-order valence-electron chi connectivity index (χ1n) is 9.22. The van der Waals surface area contributed by atoms with E-state index in [0.29, 0.717) is 11.6 Å². The van der Waals surface area contributed by atoms with E-state index in [1.165, 1.54) is 6.20 Å². The highest BCUT2D eigenvalue weighted by Crippen LogP contribution is 2.23. The number of carbonyl (C=O) groups is 2. The van der Waals surface area contributed by atoms with Gasteiger partial charge in [-0.2, -0.15) is 5.10 Å². The highest BCUT2D eigenvalue weighted by Gasteiger charge is 2.26. The van der Waals surface area contributed by atoms with Crippen LogP contribution < -0.4 is 10.1 Å². The first-order valence-corrected chi connectivity index (χ1v) is 9.22. The van der Waals surface area contributed by atoms with Crippen LogP contribution in [0.15, 0.2) is 49.1 Å². The molecule has 1 N–H and O–H groups in total. The summed E-state index contributed by atoms with van der Waals surface area (Å²) >= 11 is 0. The lowest BCUT2D eigenvalue weighted by molar-refractivity contribution is -0.117. The maximum absolute atomic E-state index is 12.8. The third-order valence-corrected chi connectivity index (χ3v) is 4.58. The number of nitrogens with zero attached hydrogens (tertiary/aromatic N) is 4. The minimum Gasteiger partial charge on any atom is -0.497 e. The second-order valence-corrected chi connectivity index (χ2v) is 7.75. The number of imidazole rings is 1. The van der Waals surface area contributed by atoms with Crippen LogP contribution in [0.3, 0.4) is 0 Å². The van der Waals surface area contributed by atoms with Crippen LogP contribution in [-0.4, -0.2) is 38.1 Å². The molecule has 2 heterocycles. The second kappa shape index (κ2) is 7.90. The van der Waals surface area contributed by atoms with E-state index in [1.54, 1.807) is 47.1 Å². The van der Waals surface area contributed by atoms with E-state index in [2.05, 4.69) is 15.4 Å². The molecular formula is C21H25N5O3. The third-order valence-electron chi connectivity index (χ3n) is 4.58. The number of rotatable bonds is 6. The Morgan fingerprint density at radius 2 is 1.86 bits per heavy atom. The molecular weight excluding hydrogens is 370 g/mol. The Hall–Kier alpha value is -3.42. The van der Waals surface area contributed by atoms with Crippen molar-refractivity contribution in [3.05, 3.63) is 66.0 Å². The van der Waals surface area contributed by atoms with Gasteiger partial charge in [-0.15, -0.1) is 0 Å². The van der Waals surface area contributed by atoms with Crippen molar-refractivity contribution in [3.63, 3.8) is 0 Å². The van der Waals surface area contributed by atoms with Gasteiger partial charge in [0.05, 0.1) is 24.4 Å². The molecule has 0 saturated heterocycles. The number of methoxy groups -OCH3 is 1. The number of aryl methyl sites for hydroxylation is 1. The van der Waals surface area contributed by atoms with Crippen LogP contribution in [0.5, 0.6) is 5.75 Å². The number of ether oxygens (including phenoxy) is 1. The SMILES string of the molecule is COc1ccc(C(NC(=O)C(=O)c2cnn(C(C)(C)C)c2)c2nccn2C)cc1. The van der Waals surface area contributed by atoms with Gasteiger partial charge in [0.2, 0.25) is 0 Å². The number of hydrogen-bond acceptors (Lipinski definition) is 5. The van der Waals surface area contributed by atoms with Crippen molar-refractivity contribution in [2.45, 2.75) is 32.4 Å². The number of amides is 1. The maximum Gasteiger partial charge on any atom is 0.293 e. The standard InChI is InChI=1S/C21H25N5O3/c1-21(2,3)26-13-15(12-23-26)18(27)20(28)24-17(19-22-10-11-25(19)4)14-6-8-16(29-5)9-7-14/h6-13,17H,1-5H3,(H,24,28). The number of Topliss-reactive ketones (excluding diaryl/α,β-unsaturated/α-hetero) is 1. The topological polar surface area (TPSA) is 91.0 Å². The van der Waals surface area contributed by atoms with Gasteiger partial charge in [0, 0.05) is 25.6 Å². The van der Waals surface area contributed by atoms with Gasteiger partial charge in [0.15, 0.2) is 0 Å². The van der Waals surface area contributed by atoms with Crippen LogP contribution in [0.25, 0.3) is 0 Å². The number of benzene rings is 1. The normalized spacial score (nSPS) is 12.4. The van der Waals surface area contributed by atoms with Crippen molar-refractivity contribution < 1.29 is 14.3 Å². The third kappa shape index (κ3) is 4.37. The number of hydrogen-bond donors (Lipinski definition) is 1. The maximum atomic E-state index is 12.8. The highest BCUT2D eigenvalue weighted by molar-refractivity contribution is 6.42. The molecule has 0 fully saturated rings. The molecule has 1 unspecified atom stereocenters. The molecule has 0 aliphatic carbocycles. The fourth-order valence-corrected chi connectivity index (χ4v) is 2.88. The van der Waals surface area contributed by atoms with Crippen LogP contribution in [-0.2, 0) is 17.4 Å². The van der Waals surface area contributed by atoms with Gasteiger partial charge in [0.25, 0.3) is 11.7 Å². The van der Waals surface area contributed by atoms with E-state index >= 15 is 0 Å². The smallest absolute Gasteiger partial charge is 0.293 e. The molecule has 0 aliphatic rings. The van der Waals surface area contributed by atoms with E-state index in [1.807, 2.05) is 40.0 Å². The first-order chi connectivity index (χ1) is 13.7. The molecule has 2 aromatic heterocycles. The monoisotopic (exact) mass is 395 g/mol. The van der Waals surface area contributed by atoms with E-state index in [0.717, 1.165) is 5.56 Å². The van der Waals surface area contributed by atoms with Crippen molar-refractivity contribution in [2.24, 2.45) is 7.05 Å².